The molecule has 114 valence electrons. The standard InChI is InChI=1S/C17H17NO4/c19-15-10-5-7-18(8-6-10)13(15)9-12-16(20)11-3-1-2-4-14(11)22-17(12)21/h1-4,10,13,20H,5-9H2/t13-/m0/s1. The van der Waals surface area contributed by atoms with Crippen LogP contribution in [0.15, 0.2) is 33.5 Å². The SMILES string of the molecule is O=C1C2CCN(CC2)[C@H]1Cc1c(O)c2ccccc2oc1=O. The molecule has 0 radical (unpaired) electrons. The van der Waals surface area contributed by atoms with Gasteiger partial charge in [0.25, 0.3) is 0 Å². The first kappa shape index (κ1) is 13.5. The molecule has 1 aromatic carbocycles. The molecule has 1 atom stereocenters. The van der Waals surface area contributed by atoms with Gasteiger partial charge in [0.05, 0.1) is 17.0 Å². The zero-order valence-corrected chi connectivity index (χ0v) is 12.1. The van der Waals surface area contributed by atoms with Gasteiger partial charge < -0.3 is 9.52 Å². The van der Waals surface area contributed by atoms with Crippen molar-refractivity contribution in [3.8, 4) is 5.75 Å². The summed E-state index contributed by atoms with van der Waals surface area (Å²) in [5.41, 5.74) is 0.0294. The van der Waals surface area contributed by atoms with E-state index in [2.05, 4.69) is 4.90 Å². The summed E-state index contributed by atoms with van der Waals surface area (Å²) in [7, 11) is 0. The number of fused-ring (bicyclic) bond motifs is 4. The Kier molecular flexibility index (Phi) is 3.04. The molecule has 5 nitrogen and oxygen atoms in total. The van der Waals surface area contributed by atoms with Gasteiger partial charge in [0.2, 0.25) is 0 Å². The number of ketones is 1. The van der Waals surface area contributed by atoms with Gasteiger partial charge >= 0.3 is 5.63 Å². The molecule has 1 N–H and O–H groups in total. The first-order valence-corrected chi connectivity index (χ1v) is 7.66. The molecule has 5 heteroatoms. The van der Waals surface area contributed by atoms with E-state index in [9.17, 15) is 14.7 Å². The van der Waals surface area contributed by atoms with Crippen molar-refractivity contribution in [1.29, 1.82) is 0 Å². The monoisotopic (exact) mass is 299 g/mol. The highest BCUT2D eigenvalue weighted by atomic mass is 16.4. The first-order valence-electron chi connectivity index (χ1n) is 7.66. The van der Waals surface area contributed by atoms with Crippen LogP contribution in [0.5, 0.6) is 5.75 Å². The molecule has 3 fully saturated rings. The smallest absolute Gasteiger partial charge is 0.343 e. The van der Waals surface area contributed by atoms with Crippen LogP contribution in [0.1, 0.15) is 18.4 Å². The number of hydrogen-bond acceptors (Lipinski definition) is 5. The van der Waals surface area contributed by atoms with Crippen molar-refractivity contribution in [2.45, 2.75) is 25.3 Å². The third kappa shape index (κ3) is 1.96. The summed E-state index contributed by atoms with van der Waals surface area (Å²) in [6.45, 7) is 1.78. The van der Waals surface area contributed by atoms with Crippen molar-refractivity contribution in [2.24, 2.45) is 5.92 Å². The molecule has 0 saturated carbocycles. The Morgan fingerprint density at radius 2 is 1.91 bits per heavy atom. The molecule has 22 heavy (non-hydrogen) atoms. The largest absolute Gasteiger partial charge is 0.507 e. The Hall–Kier alpha value is -2.14. The Bertz CT molecular complexity index is 802. The molecule has 0 aliphatic carbocycles. The third-order valence-corrected chi connectivity index (χ3v) is 4.98. The lowest BCUT2D eigenvalue weighted by molar-refractivity contribution is -0.136. The maximum Gasteiger partial charge on any atom is 0.343 e. The summed E-state index contributed by atoms with van der Waals surface area (Å²) in [6, 6.07) is 6.59. The highest BCUT2D eigenvalue weighted by molar-refractivity contribution is 5.89. The first-order chi connectivity index (χ1) is 10.6. The zero-order valence-electron chi connectivity index (χ0n) is 12.1. The van der Waals surface area contributed by atoms with Crippen molar-refractivity contribution in [1.82, 2.24) is 4.90 Å². The van der Waals surface area contributed by atoms with Crippen LogP contribution in [-0.2, 0) is 11.2 Å². The summed E-state index contributed by atoms with van der Waals surface area (Å²) in [5.74, 6) is 0.261. The van der Waals surface area contributed by atoms with Gasteiger partial charge in [0.1, 0.15) is 11.3 Å². The Labute approximate surface area is 127 Å². The van der Waals surface area contributed by atoms with Gasteiger partial charge in [-0.1, -0.05) is 12.1 Å². The second-order valence-electron chi connectivity index (χ2n) is 6.15. The van der Waals surface area contributed by atoms with Gasteiger partial charge in [-0.15, -0.1) is 0 Å². The van der Waals surface area contributed by atoms with E-state index < -0.39 is 5.63 Å². The zero-order chi connectivity index (χ0) is 15.3. The second kappa shape index (κ2) is 4.95. The minimum absolute atomic E-state index is 0.0534. The Morgan fingerprint density at radius 3 is 2.64 bits per heavy atom. The fraction of sp³-hybridized carbons (Fsp3) is 0.412. The minimum Gasteiger partial charge on any atom is -0.507 e. The van der Waals surface area contributed by atoms with Crippen LogP contribution in [-0.4, -0.2) is 34.9 Å². The molecule has 3 saturated heterocycles. The number of aromatic hydroxyl groups is 1. The van der Waals surface area contributed by atoms with Gasteiger partial charge in [-0.2, -0.15) is 0 Å². The predicted molar refractivity (Wildman–Crippen MR) is 80.9 cm³/mol. The van der Waals surface area contributed by atoms with Crippen LogP contribution in [0.25, 0.3) is 11.0 Å². The fourth-order valence-electron chi connectivity index (χ4n) is 3.72. The number of piperidine rings is 3. The normalized spacial score (nSPS) is 27.5. The Balaban J connectivity index is 1.76. The number of para-hydroxylation sites is 1. The van der Waals surface area contributed by atoms with Crippen molar-refractivity contribution >= 4 is 16.8 Å². The van der Waals surface area contributed by atoms with Gasteiger partial charge in [0.15, 0.2) is 5.78 Å². The van der Waals surface area contributed by atoms with E-state index >= 15 is 0 Å². The molecule has 4 heterocycles. The van der Waals surface area contributed by atoms with Crippen LogP contribution >= 0.6 is 0 Å². The van der Waals surface area contributed by atoms with E-state index in [1.54, 1.807) is 24.3 Å². The average Bonchev–Trinajstić information content (AvgIpc) is 2.54. The number of benzene rings is 1. The molecule has 0 unspecified atom stereocenters. The molecule has 5 rings (SSSR count). The van der Waals surface area contributed by atoms with E-state index in [0.29, 0.717) is 11.0 Å². The topological polar surface area (TPSA) is 70.8 Å². The summed E-state index contributed by atoms with van der Waals surface area (Å²) in [6.07, 6.45) is 2.05. The molecule has 3 aliphatic heterocycles. The highest BCUT2D eigenvalue weighted by Gasteiger charge is 2.41. The summed E-state index contributed by atoms with van der Waals surface area (Å²) >= 11 is 0. The summed E-state index contributed by atoms with van der Waals surface area (Å²) in [4.78, 5) is 26.7. The molecule has 1 aromatic heterocycles. The number of nitrogens with zero attached hydrogens (tertiary/aromatic N) is 1. The maximum absolute atomic E-state index is 12.4. The number of rotatable bonds is 2. The lowest BCUT2D eigenvalue weighted by Crippen LogP contribution is -2.56. The van der Waals surface area contributed by atoms with Crippen molar-refractivity contribution in [3.05, 3.63) is 40.2 Å². The lowest BCUT2D eigenvalue weighted by Gasteiger charge is -2.44. The van der Waals surface area contributed by atoms with E-state index in [1.807, 2.05) is 0 Å². The van der Waals surface area contributed by atoms with Crippen LogP contribution in [0.2, 0.25) is 0 Å². The summed E-state index contributed by atoms with van der Waals surface area (Å²) in [5, 5.41) is 10.9. The molecule has 0 amide bonds. The average molecular weight is 299 g/mol. The summed E-state index contributed by atoms with van der Waals surface area (Å²) < 4.78 is 5.29. The predicted octanol–water partition coefficient (Wildman–Crippen LogP) is 1.70. The molecule has 2 aromatic rings. The van der Waals surface area contributed by atoms with Gasteiger partial charge in [0, 0.05) is 12.3 Å². The lowest BCUT2D eigenvalue weighted by atomic mass is 9.80. The van der Waals surface area contributed by atoms with Gasteiger partial charge in [-0.25, -0.2) is 4.79 Å². The van der Waals surface area contributed by atoms with Crippen molar-refractivity contribution < 1.29 is 14.3 Å². The van der Waals surface area contributed by atoms with E-state index in [1.165, 1.54) is 0 Å². The number of carbonyl (C=O) groups is 1. The van der Waals surface area contributed by atoms with Crippen molar-refractivity contribution in [2.75, 3.05) is 13.1 Å². The quantitative estimate of drug-likeness (QED) is 0.855. The number of carbonyl (C=O) groups excluding carboxylic acids is 1. The molecule has 3 aliphatic rings. The van der Waals surface area contributed by atoms with Crippen LogP contribution < -0.4 is 5.63 Å². The second-order valence-corrected chi connectivity index (χ2v) is 6.15. The minimum atomic E-state index is -0.549. The van der Waals surface area contributed by atoms with Crippen LogP contribution in [0.4, 0.5) is 0 Å². The fourth-order valence-corrected chi connectivity index (χ4v) is 3.72. The Morgan fingerprint density at radius 1 is 1.18 bits per heavy atom. The van der Waals surface area contributed by atoms with Crippen molar-refractivity contribution in [3.63, 3.8) is 0 Å². The molecular weight excluding hydrogens is 282 g/mol. The van der Waals surface area contributed by atoms with Gasteiger partial charge in [-0.3, -0.25) is 9.69 Å². The number of Topliss-reactive ketones (excluding diaryl/α,β-unsaturated/α-hetero) is 1. The van der Waals surface area contributed by atoms with Gasteiger partial charge in [-0.05, 0) is 38.1 Å². The van der Waals surface area contributed by atoms with Crippen LogP contribution in [0, 0.1) is 5.92 Å². The maximum atomic E-state index is 12.4. The van der Waals surface area contributed by atoms with Crippen LogP contribution in [0.3, 0.4) is 0 Å². The number of hydrogen-bond donors (Lipinski definition) is 1. The van der Waals surface area contributed by atoms with E-state index in [4.69, 9.17) is 4.42 Å². The molecule has 0 spiro atoms. The highest BCUT2D eigenvalue weighted by Crippen LogP contribution is 2.33. The molecule has 2 bridgehead atoms. The third-order valence-electron chi connectivity index (χ3n) is 4.98. The molecular formula is C17H17NO4. The van der Waals surface area contributed by atoms with E-state index in [-0.39, 0.29) is 35.5 Å². The van der Waals surface area contributed by atoms with E-state index in [0.717, 1.165) is 25.9 Å².